The summed E-state index contributed by atoms with van der Waals surface area (Å²) in [6.45, 7) is 1.37. The Bertz CT molecular complexity index is 813. The molecule has 0 unspecified atom stereocenters. The summed E-state index contributed by atoms with van der Waals surface area (Å²) in [5.41, 5.74) is 1.41. The highest BCUT2D eigenvalue weighted by Gasteiger charge is 2.11. The Morgan fingerprint density at radius 1 is 1.22 bits per heavy atom. The molecule has 0 fully saturated rings. The molecule has 0 bridgehead atoms. The topological polar surface area (TPSA) is 69.0 Å². The number of methoxy groups -OCH3 is 1. The standard InChI is InChI=1S/C17H18N4O2/c1-23-17-14(6-3-9-20-17)16(22)19-10-4-11-21-12-7-13-5-2-8-18-15(13)21/h2-3,5-9,12H,4,10-11H2,1H3,(H,19,22). The summed E-state index contributed by atoms with van der Waals surface area (Å²) >= 11 is 0. The number of pyridine rings is 2. The van der Waals surface area contributed by atoms with Gasteiger partial charge in [0.25, 0.3) is 5.91 Å². The molecule has 3 heterocycles. The van der Waals surface area contributed by atoms with Crippen LogP contribution >= 0.6 is 0 Å². The SMILES string of the molecule is COc1ncccc1C(=O)NCCCn1ccc2cccnc21. The van der Waals surface area contributed by atoms with Crippen LogP contribution in [0.3, 0.4) is 0 Å². The van der Waals surface area contributed by atoms with E-state index in [0.717, 1.165) is 24.0 Å². The van der Waals surface area contributed by atoms with Gasteiger partial charge in [-0.25, -0.2) is 9.97 Å². The molecule has 118 valence electrons. The third-order valence-corrected chi connectivity index (χ3v) is 3.59. The number of aromatic nitrogens is 3. The molecule has 1 N–H and O–H groups in total. The Morgan fingerprint density at radius 2 is 2.04 bits per heavy atom. The van der Waals surface area contributed by atoms with Crippen LogP contribution in [-0.4, -0.2) is 34.1 Å². The lowest BCUT2D eigenvalue weighted by Crippen LogP contribution is -2.25. The Kier molecular flexibility index (Phi) is 4.52. The lowest BCUT2D eigenvalue weighted by atomic mass is 10.2. The number of nitrogens with zero attached hydrogens (tertiary/aromatic N) is 3. The maximum atomic E-state index is 12.1. The predicted molar refractivity (Wildman–Crippen MR) is 87.5 cm³/mol. The lowest BCUT2D eigenvalue weighted by Gasteiger charge is -2.09. The molecule has 6 heteroatoms. The van der Waals surface area contributed by atoms with Crippen LogP contribution in [0.1, 0.15) is 16.8 Å². The molecule has 0 saturated heterocycles. The zero-order valence-electron chi connectivity index (χ0n) is 12.9. The fraction of sp³-hybridized carbons (Fsp3) is 0.235. The normalized spacial score (nSPS) is 10.7. The summed E-state index contributed by atoms with van der Waals surface area (Å²) in [6.07, 6.45) is 6.22. The molecule has 0 aliphatic rings. The van der Waals surface area contributed by atoms with Gasteiger partial charge in [0, 0.05) is 37.1 Å². The lowest BCUT2D eigenvalue weighted by molar-refractivity contribution is 0.0949. The van der Waals surface area contributed by atoms with Crippen LogP contribution in [0.15, 0.2) is 48.9 Å². The number of amides is 1. The van der Waals surface area contributed by atoms with Crippen molar-refractivity contribution in [3.63, 3.8) is 0 Å². The quantitative estimate of drug-likeness (QED) is 0.709. The second kappa shape index (κ2) is 6.91. The first-order valence-electron chi connectivity index (χ1n) is 7.46. The zero-order valence-corrected chi connectivity index (χ0v) is 12.9. The van der Waals surface area contributed by atoms with Crippen LogP contribution in [0.25, 0.3) is 11.0 Å². The number of carbonyl (C=O) groups is 1. The molecule has 0 spiro atoms. The van der Waals surface area contributed by atoms with Gasteiger partial charge < -0.3 is 14.6 Å². The van der Waals surface area contributed by atoms with E-state index in [9.17, 15) is 4.79 Å². The van der Waals surface area contributed by atoms with Gasteiger partial charge in [0.1, 0.15) is 11.2 Å². The smallest absolute Gasteiger partial charge is 0.256 e. The van der Waals surface area contributed by atoms with Crippen LogP contribution in [0, 0.1) is 0 Å². The average Bonchev–Trinajstić information content (AvgIpc) is 3.01. The Morgan fingerprint density at radius 3 is 2.91 bits per heavy atom. The van der Waals surface area contributed by atoms with Crippen molar-refractivity contribution in [3.05, 3.63) is 54.5 Å². The third kappa shape index (κ3) is 3.31. The van der Waals surface area contributed by atoms with Gasteiger partial charge in [0.15, 0.2) is 0 Å². The summed E-state index contributed by atoms with van der Waals surface area (Å²) in [5, 5.41) is 4.01. The Hall–Kier alpha value is -2.89. The van der Waals surface area contributed by atoms with E-state index in [0.29, 0.717) is 18.0 Å². The number of nitrogens with one attached hydrogen (secondary N) is 1. The first kappa shape index (κ1) is 15.0. The molecule has 3 rings (SSSR count). The van der Waals surface area contributed by atoms with Crippen molar-refractivity contribution >= 4 is 16.9 Å². The van der Waals surface area contributed by atoms with E-state index < -0.39 is 0 Å². The van der Waals surface area contributed by atoms with Crippen molar-refractivity contribution in [2.75, 3.05) is 13.7 Å². The Labute approximate surface area is 134 Å². The van der Waals surface area contributed by atoms with Crippen LogP contribution in [-0.2, 0) is 6.54 Å². The van der Waals surface area contributed by atoms with Crippen molar-refractivity contribution in [1.82, 2.24) is 19.9 Å². The highest BCUT2D eigenvalue weighted by molar-refractivity contribution is 5.96. The minimum absolute atomic E-state index is 0.176. The van der Waals surface area contributed by atoms with E-state index in [4.69, 9.17) is 4.74 Å². The van der Waals surface area contributed by atoms with Crippen molar-refractivity contribution in [1.29, 1.82) is 0 Å². The first-order chi connectivity index (χ1) is 11.3. The summed E-state index contributed by atoms with van der Waals surface area (Å²) in [4.78, 5) is 20.5. The van der Waals surface area contributed by atoms with E-state index in [1.165, 1.54) is 7.11 Å². The van der Waals surface area contributed by atoms with E-state index in [2.05, 4.69) is 19.9 Å². The van der Waals surface area contributed by atoms with Gasteiger partial charge in [-0.2, -0.15) is 0 Å². The van der Waals surface area contributed by atoms with E-state index in [-0.39, 0.29) is 5.91 Å². The molecular weight excluding hydrogens is 292 g/mol. The van der Waals surface area contributed by atoms with E-state index in [1.807, 2.05) is 24.4 Å². The fourth-order valence-electron chi connectivity index (χ4n) is 2.47. The minimum atomic E-state index is -0.176. The van der Waals surface area contributed by atoms with E-state index in [1.54, 1.807) is 24.5 Å². The van der Waals surface area contributed by atoms with Crippen LogP contribution in [0.2, 0.25) is 0 Å². The molecule has 3 aromatic rings. The Balaban J connectivity index is 1.54. The molecule has 23 heavy (non-hydrogen) atoms. The number of hydrogen-bond donors (Lipinski definition) is 1. The molecule has 0 saturated carbocycles. The number of aryl methyl sites for hydroxylation is 1. The monoisotopic (exact) mass is 310 g/mol. The largest absolute Gasteiger partial charge is 0.480 e. The van der Waals surface area contributed by atoms with Crippen molar-refractivity contribution < 1.29 is 9.53 Å². The molecule has 0 aliphatic heterocycles. The number of ether oxygens (including phenoxy) is 1. The zero-order chi connectivity index (χ0) is 16.1. The highest BCUT2D eigenvalue weighted by atomic mass is 16.5. The second-order valence-corrected chi connectivity index (χ2v) is 5.10. The number of carbonyl (C=O) groups excluding carboxylic acids is 1. The molecule has 6 nitrogen and oxygen atoms in total. The molecule has 0 radical (unpaired) electrons. The molecule has 0 aromatic carbocycles. The average molecular weight is 310 g/mol. The van der Waals surface area contributed by atoms with Gasteiger partial charge in [-0.1, -0.05) is 0 Å². The molecule has 0 atom stereocenters. The summed E-state index contributed by atoms with van der Waals surface area (Å²) < 4.78 is 7.18. The van der Waals surface area contributed by atoms with Crippen LogP contribution < -0.4 is 10.1 Å². The third-order valence-electron chi connectivity index (χ3n) is 3.59. The number of rotatable bonds is 6. The van der Waals surface area contributed by atoms with Crippen molar-refractivity contribution in [2.24, 2.45) is 0 Å². The molecule has 1 amide bonds. The van der Waals surface area contributed by atoms with Gasteiger partial charge in [0.05, 0.1) is 7.11 Å². The van der Waals surface area contributed by atoms with Gasteiger partial charge in [-0.15, -0.1) is 0 Å². The first-order valence-corrected chi connectivity index (χ1v) is 7.46. The summed E-state index contributed by atoms with van der Waals surface area (Å²) in [7, 11) is 1.50. The van der Waals surface area contributed by atoms with Gasteiger partial charge >= 0.3 is 0 Å². The maximum absolute atomic E-state index is 12.1. The summed E-state index contributed by atoms with van der Waals surface area (Å²) in [6, 6.07) is 9.42. The van der Waals surface area contributed by atoms with Crippen LogP contribution in [0.5, 0.6) is 5.88 Å². The maximum Gasteiger partial charge on any atom is 0.256 e. The fourth-order valence-corrected chi connectivity index (χ4v) is 2.47. The summed E-state index contributed by atoms with van der Waals surface area (Å²) in [5.74, 6) is 0.163. The van der Waals surface area contributed by atoms with Gasteiger partial charge in [-0.05, 0) is 36.8 Å². The van der Waals surface area contributed by atoms with Gasteiger partial charge in [0.2, 0.25) is 5.88 Å². The van der Waals surface area contributed by atoms with Gasteiger partial charge in [-0.3, -0.25) is 4.79 Å². The van der Waals surface area contributed by atoms with Crippen molar-refractivity contribution in [2.45, 2.75) is 13.0 Å². The number of hydrogen-bond acceptors (Lipinski definition) is 4. The highest BCUT2D eigenvalue weighted by Crippen LogP contribution is 2.14. The molecule has 3 aromatic heterocycles. The second-order valence-electron chi connectivity index (χ2n) is 5.10. The molecular formula is C17H18N4O2. The van der Waals surface area contributed by atoms with Crippen LogP contribution in [0.4, 0.5) is 0 Å². The molecule has 0 aliphatic carbocycles. The van der Waals surface area contributed by atoms with Crippen molar-refractivity contribution in [3.8, 4) is 5.88 Å². The minimum Gasteiger partial charge on any atom is -0.480 e. The van der Waals surface area contributed by atoms with E-state index >= 15 is 0 Å². The predicted octanol–water partition coefficient (Wildman–Crippen LogP) is 2.26. The number of fused-ring (bicyclic) bond motifs is 1.